The van der Waals surface area contributed by atoms with Crippen LogP contribution < -0.4 is 19.5 Å². The molecule has 9 heteroatoms. The van der Waals surface area contributed by atoms with Crippen LogP contribution in [0.1, 0.15) is 19.4 Å². The number of aliphatic hydroxyl groups excluding tert-OH is 1. The highest BCUT2D eigenvalue weighted by molar-refractivity contribution is 7.92. The fourth-order valence-electron chi connectivity index (χ4n) is 2.53. The first kappa shape index (κ1) is 22.5. The Morgan fingerprint density at radius 2 is 1.66 bits per heavy atom. The highest BCUT2D eigenvalue weighted by atomic mass is 32.2. The van der Waals surface area contributed by atoms with Gasteiger partial charge in [-0.05, 0) is 43.7 Å². The molecule has 2 rings (SSSR count). The van der Waals surface area contributed by atoms with E-state index in [-0.39, 0.29) is 23.8 Å². The summed E-state index contributed by atoms with van der Waals surface area (Å²) in [7, 11) is -0.929. The average Bonchev–Trinajstić information content (AvgIpc) is 2.68. The standard InChI is InChI=1S/C20H26N2O6S/c1-20(2,13-23)21-19(24)11-14-5-7-15(8-6-14)22-29(25,26)16-9-10-17(27-3)18(12-16)28-4/h5-10,12,22-23H,11,13H2,1-4H3,(H,21,24). The van der Waals surface area contributed by atoms with Gasteiger partial charge in [0.25, 0.3) is 10.0 Å². The molecule has 0 fully saturated rings. The van der Waals surface area contributed by atoms with E-state index in [9.17, 15) is 18.3 Å². The Kier molecular flexibility index (Phi) is 7.10. The first-order valence-electron chi connectivity index (χ1n) is 8.86. The molecule has 8 nitrogen and oxygen atoms in total. The van der Waals surface area contributed by atoms with E-state index in [0.29, 0.717) is 22.7 Å². The van der Waals surface area contributed by atoms with Gasteiger partial charge in [0.2, 0.25) is 5.91 Å². The van der Waals surface area contributed by atoms with Crippen molar-refractivity contribution in [3.63, 3.8) is 0 Å². The van der Waals surface area contributed by atoms with E-state index in [0.717, 1.165) is 0 Å². The fourth-order valence-corrected chi connectivity index (χ4v) is 3.61. The van der Waals surface area contributed by atoms with Crippen LogP contribution in [0.5, 0.6) is 11.5 Å². The largest absolute Gasteiger partial charge is 0.493 e. The molecule has 2 aromatic carbocycles. The van der Waals surface area contributed by atoms with Gasteiger partial charge in [-0.15, -0.1) is 0 Å². The van der Waals surface area contributed by atoms with Crippen LogP contribution in [-0.4, -0.2) is 45.8 Å². The van der Waals surface area contributed by atoms with Crippen molar-refractivity contribution in [2.75, 3.05) is 25.5 Å². The molecule has 0 aliphatic heterocycles. The summed E-state index contributed by atoms with van der Waals surface area (Å²) in [6.45, 7) is 3.27. The van der Waals surface area contributed by atoms with Gasteiger partial charge in [-0.25, -0.2) is 8.42 Å². The number of sulfonamides is 1. The molecule has 29 heavy (non-hydrogen) atoms. The van der Waals surface area contributed by atoms with Crippen molar-refractivity contribution in [3.8, 4) is 11.5 Å². The SMILES string of the molecule is COc1ccc(S(=O)(=O)Nc2ccc(CC(=O)NC(C)(C)CO)cc2)cc1OC. The Morgan fingerprint density at radius 1 is 1.03 bits per heavy atom. The number of ether oxygens (including phenoxy) is 2. The Bertz CT molecular complexity index is 955. The Hall–Kier alpha value is -2.78. The van der Waals surface area contributed by atoms with Gasteiger partial charge in [0.15, 0.2) is 11.5 Å². The summed E-state index contributed by atoms with van der Waals surface area (Å²) >= 11 is 0. The minimum Gasteiger partial charge on any atom is -0.493 e. The fraction of sp³-hybridized carbons (Fsp3) is 0.350. The summed E-state index contributed by atoms with van der Waals surface area (Å²) in [5.74, 6) is 0.503. The number of aliphatic hydroxyl groups is 1. The molecule has 2 aromatic rings. The maximum atomic E-state index is 12.6. The zero-order valence-electron chi connectivity index (χ0n) is 16.9. The number of amides is 1. The summed E-state index contributed by atoms with van der Waals surface area (Å²) in [5.41, 5.74) is 0.372. The van der Waals surface area contributed by atoms with Crippen molar-refractivity contribution >= 4 is 21.6 Å². The van der Waals surface area contributed by atoms with Crippen molar-refractivity contribution in [3.05, 3.63) is 48.0 Å². The average molecular weight is 423 g/mol. The van der Waals surface area contributed by atoms with Crippen LogP contribution in [0.2, 0.25) is 0 Å². The zero-order chi connectivity index (χ0) is 21.7. The molecule has 158 valence electrons. The van der Waals surface area contributed by atoms with Gasteiger partial charge in [-0.2, -0.15) is 0 Å². The van der Waals surface area contributed by atoms with Crippen LogP contribution in [-0.2, 0) is 21.2 Å². The number of hydrogen-bond donors (Lipinski definition) is 3. The first-order valence-corrected chi connectivity index (χ1v) is 10.3. The third kappa shape index (κ3) is 6.10. The number of carbonyl (C=O) groups is 1. The molecular formula is C20H26N2O6S. The normalized spacial score (nSPS) is 11.6. The van der Waals surface area contributed by atoms with E-state index < -0.39 is 15.6 Å². The van der Waals surface area contributed by atoms with E-state index in [4.69, 9.17) is 9.47 Å². The third-order valence-electron chi connectivity index (χ3n) is 4.11. The van der Waals surface area contributed by atoms with Crippen LogP contribution in [0.3, 0.4) is 0 Å². The predicted octanol–water partition coefficient (Wildman–Crippen LogP) is 1.93. The van der Waals surface area contributed by atoms with E-state index in [1.54, 1.807) is 38.1 Å². The van der Waals surface area contributed by atoms with Gasteiger partial charge in [-0.3, -0.25) is 9.52 Å². The van der Waals surface area contributed by atoms with Gasteiger partial charge in [0.05, 0.1) is 37.7 Å². The topological polar surface area (TPSA) is 114 Å². The lowest BCUT2D eigenvalue weighted by atomic mass is 10.1. The minimum absolute atomic E-state index is 0.0323. The second kappa shape index (κ2) is 9.15. The highest BCUT2D eigenvalue weighted by Crippen LogP contribution is 2.30. The number of methoxy groups -OCH3 is 2. The molecule has 1 amide bonds. The van der Waals surface area contributed by atoms with Crippen molar-refractivity contribution in [2.45, 2.75) is 30.7 Å². The van der Waals surface area contributed by atoms with Gasteiger partial charge in [-0.1, -0.05) is 12.1 Å². The Labute approximate surface area is 170 Å². The van der Waals surface area contributed by atoms with E-state index in [2.05, 4.69) is 10.0 Å². The highest BCUT2D eigenvalue weighted by Gasteiger charge is 2.20. The van der Waals surface area contributed by atoms with Crippen LogP contribution >= 0.6 is 0 Å². The molecule has 0 bridgehead atoms. The van der Waals surface area contributed by atoms with Crippen LogP contribution in [0.25, 0.3) is 0 Å². The zero-order valence-corrected chi connectivity index (χ0v) is 17.7. The Balaban J connectivity index is 2.10. The number of nitrogens with one attached hydrogen (secondary N) is 2. The molecular weight excluding hydrogens is 396 g/mol. The molecule has 0 aromatic heterocycles. The lowest BCUT2D eigenvalue weighted by Gasteiger charge is -2.23. The van der Waals surface area contributed by atoms with E-state index >= 15 is 0 Å². The molecule has 0 atom stereocenters. The number of benzene rings is 2. The molecule has 0 aliphatic rings. The van der Waals surface area contributed by atoms with E-state index in [1.165, 1.54) is 32.4 Å². The second-order valence-corrected chi connectivity index (χ2v) is 8.77. The van der Waals surface area contributed by atoms with Gasteiger partial charge >= 0.3 is 0 Å². The van der Waals surface area contributed by atoms with E-state index in [1.807, 2.05) is 0 Å². The number of anilines is 1. The van der Waals surface area contributed by atoms with Crippen molar-refractivity contribution in [1.29, 1.82) is 0 Å². The lowest BCUT2D eigenvalue weighted by Crippen LogP contribution is -2.46. The summed E-state index contributed by atoms with van der Waals surface area (Å²) in [4.78, 5) is 12.1. The lowest BCUT2D eigenvalue weighted by molar-refractivity contribution is -0.122. The monoisotopic (exact) mass is 422 g/mol. The summed E-state index contributed by atoms with van der Waals surface area (Å²) in [5, 5.41) is 11.9. The number of rotatable bonds is 9. The predicted molar refractivity (Wildman–Crippen MR) is 110 cm³/mol. The number of carbonyl (C=O) groups excluding carboxylic acids is 1. The maximum Gasteiger partial charge on any atom is 0.262 e. The molecule has 0 aliphatic carbocycles. The van der Waals surface area contributed by atoms with Crippen LogP contribution in [0.15, 0.2) is 47.4 Å². The maximum absolute atomic E-state index is 12.6. The van der Waals surface area contributed by atoms with Crippen molar-refractivity contribution in [1.82, 2.24) is 5.32 Å². The van der Waals surface area contributed by atoms with Crippen LogP contribution in [0.4, 0.5) is 5.69 Å². The van der Waals surface area contributed by atoms with Gasteiger partial charge in [0.1, 0.15) is 0 Å². The number of hydrogen-bond acceptors (Lipinski definition) is 6. The summed E-state index contributed by atoms with van der Waals surface area (Å²) in [6.07, 6.45) is 0.117. The van der Waals surface area contributed by atoms with Crippen LogP contribution in [0, 0.1) is 0 Å². The molecule has 0 saturated heterocycles. The molecule has 0 heterocycles. The van der Waals surface area contributed by atoms with Gasteiger partial charge < -0.3 is 19.9 Å². The molecule has 3 N–H and O–H groups in total. The summed E-state index contributed by atoms with van der Waals surface area (Å²) in [6, 6.07) is 10.8. The smallest absolute Gasteiger partial charge is 0.262 e. The third-order valence-corrected chi connectivity index (χ3v) is 5.49. The molecule has 0 saturated carbocycles. The summed E-state index contributed by atoms with van der Waals surface area (Å²) < 4.78 is 38.0. The molecule has 0 radical (unpaired) electrons. The van der Waals surface area contributed by atoms with Gasteiger partial charge in [0, 0.05) is 11.8 Å². The quantitative estimate of drug-likeness (QED) is 0.569. The molecule has 0 unspecified atom stereocenters. The first-order chi connectivity index (χ1) is 13.6. The van der Waals surface area contributed by atoms with Crippen molar-refractivity contribution in [2.24, 2.45) is 0 Å². The van der Waals surface area contributed by atoms with Crippen molar-refractivity contribution < 1.29 is 27.8 Å². The molecule has 0 spiro atoms. The Morgan fingerprint density at radius 3 is 2.21 bits per heavy atom. The second-order valence-electron chi connectivity index (χ2n) is 7.09. The minimum atomic E-state index is -3.83.